The molecule has 0 aliphatic heterocycles. The van der Waals surface area contributed by atoms with E-state index in [1.165, 1.54) is 12.1 Å². The number of amides is 1. The van der Waals surface area contributed by atoms with Crippen molar-refractivity contribution in [3.05, 3.63) is 59.4 Å². The van der Waals surface area contributed by atoms with E-state index in [2.05, 4.69) is 10.3 Å². The minimum atomic E-state index is -3.21. The molecule has 2 rings (SSSR count). The third-order valence-electron chi connectivity index (χ3n) is 3.58. The highest BCUT2D eigenvalue weighted by atomic mass is 32.2. The van der Waals surface area contributed by atoms with Gasteiger partial charge in [-0.2, -0.15) is 0 Å². The van der Waals surface area contributed by atoms with Gasteiger partial charge in [0.05, 0.1) is 11.3 Å². The third kappa shape index (κ3) is 5.45. The van der Waals surface area contributed by atoms with E-state index < -0.39 is 9.84 Å². The van der Waals surface area contributed by atoms with Crippen molar-refractivity contribution in [3.8, 4) is 0 Å². The lowest BCUT2D eigenvalue weighted by atomic mass is 10.1. The van der Waals surface area contributed by atoms with E-state index in [1.54, 1.807) is 12.1 Å². The molecule has 0 saturated heterocycles. The van der Waals surface area contributed by atoms with Gasteiger partial charge in [-0.3, -0.25) is 9.78 Å². The van der Waals surface area contributed by atoms with Gasteiger partial charge in [-0.25, -0.2) is 8.42 Å². The molecular weight excluding hydrogens is 324 g/mol. The number of carbonyl (C=O) groups excluding carboxylic acids is 1. The van der Waals surface area contributed by atoms with Gasteiger partial charge in [-0.15, -0.1) is 0 Å². The van der Waals surface area contributed by atoms with Gasteiger partial charge in [0.1, 0.15) is 0 Å². The molecule has 1 amide bonds. The zero-order valence-electron chi connectivity index (χ0n) is 14.1. The van der Waals surface area contributed by atoms with E-state index in [0.29, 0.717) is 6.42 Å². The molecule has 1 aromatic heterocycles. The summed E-state index contributed by atoms with van der Waals surface area (Å²) < 4.78 is 22.8. The van der Waals surface area contributed by atoms with Gasteiger partial charge in [0, 0.05) is 30.1 Å². The Labute approximate surface area is 143 Å². The normalized spacial score (nSPS) is 12.6. The summed E-state index contributed by atoms with van der Waals surface area (Å²) in [5.74, 6) is -0.0951. The maximum absolute atomic E-state index is 12.1. The average Bonchev–Trinajstić information content (AvgIpc) is 2.46. The minimum Gasteiger partial charge on any atom is -0.353 e. The maximum Gasteiger partial charge on any atom is 0.224 e. The molecule has 1 N–H and O–H groups in total. The molecule has 0 fully saturated rings. The van der Waals surface area contributed by atoms with Crippen molar-refractivity contribution in [2.75, 3.05) is 6.26 Å². The molecule has 6 heteroatoms. The van der Waals surface area contributed by atoms with Crippen LogP contribution in [0.2, 0.25) is 0 Å². The summed E-state index contributed by atoms with van der Waals surface area (Å²) in [4.78, 5) is 16.8. The molecule has 0 aliphatic carbocycles. The zero-order valence-corrected chi connectivity index (χ0v) is 14.9. The SMILES string of the molecule is Cc1cccc(C[C@H](C)NC(=O)Cc2ccc(S(C)(=O)=O)cc2)n1. The number of benzene rings is 1. The number of nitrogens with one attached hydrogen (secondary N) is 1. The van der Waals surface area contributed by atoms with Crippen molar-refractivity contribution in [2.24, 2.45) is 0 Å². The predicted molar refractivity (Wildman–Crippen MR) is 93.5 cm³/mol. The molecule has 0 radical (unpaired) electrons. The topological polar surface area (TPSA) is 76.1 Å². The second-order valence-electron chi connectivity index (χ2n) is 6.04. The number of nitrogens with zero attached hydrogens (tertiary/aromatic N) is 1. The van der Waals surface area contributed by atoms with Gasteiger partial charge in [0.15, 0.2) is 9.84 Å². The molecule has 1 heterocycles. The Hall–Kier alpha value is -2.21. The zero-order chi connectivity index (χ0) is 17.7. The molecule has 24 heavy (non-hydrogen) atoms. The molecule has 1 atom stereocenters. The maximum atomic E-state index is 12.1. The fraction of sp³-hybridized carbons (Fsp3) is 0.333. The highest BCUT2D eigenvalue weighted by Gasteiger charge is 2.11. The summed E-state index contributed by atoms with van der Waals surface area (Å²) in [5, 5.41) is 2.94. The first-order valence-corrected chi connectivity index (χ1v) is 9.64. The van der Waals surface area contributed by atoms with Crippen LogP contribution in [0.25, 0.3) is 0 Å². The first-order chi connectivity index (χ1) is 11.2. The molecule has 0 bridgehead atoms. The highest BCUT2D eigenvalue weighted by molar-refractivity contribution is 7.90. The van der Waals surface area contributed by atoms with Crippen LogP contribution in [-0.2, 0) is 27.5 Å². The fourth-order valence-corrected chi connectivity index (χ4v) is 3.07. The fourth-order valence-electron chi connectivity index (χ4n) is 2.44. The number of aryl methyl sites for hydroxylation is 1. The average molecular weight is 346 g/mol. The van der Waals surface area contributed by atoms with E-state index >= 15 is 0 Å². The quantitative estimate of drug-likeness (QED) is 0.869. The van der Waals surface area contributed by atoms with Gasteiger partial charge < -0.3 is 5.32 Å². The number of hydrogen-bond donors (Lipinski definition) is 1. The summed E-state index contributed by atoms with van der Waals surface area (Å²) in [6, 6.07) is 12.2. The number of rotatable bonds is 6. The van der Waals surface area contributed by atoms with Gasteiger partial charge in [0.2, 0.25) is 5.91 Å². The van der Waals surface area contributed by atoms with Gasteiger partial charge >= 0.3 is 0 Å². The molecular formula is C18H22N2O3S. The second-order valence-corrected chi connectivity index (χ2v) is 8.05. The predicted octanol–water partition coefficient (Wildman–Crippen LogP) is 2.08. The lowest BCUT2D eigenvalue weighted by Gasteiger charge is -2.14. The van der Waals surface area contributed by atoms with Crippen LogP contribution in [0.5, 0.6) is 0 Å². The van der Waals surface area contributed by atoms with Crippen molar-refractivity contribution in [2.45, 2.75) is 37.6 Å². The van der Waals surface area contributed by atoms with Crippen molar-refractivity contribution < 1.29 is 13.2 Å². The Kier molecular flexibility index (Phi) is 5.72. The molecule has 0 saturated carbocycles. The summed E-state index contributed by atoms with van der Waals surface area (Å²) in [5.41, 5.74) is 2.68. The summed E-state index contributed by atoms with van der Waals surface area (Å²) in [6.07, 6.45) is 2.05. The van der Waals surface area contributed by atoms with Crippen LogP contribution < -0.4 is 5.32 Å². The number of carbonyl (C=O) groups is 1. The first kappa shape index (κ1) is 18.1. The summed E-state index contributed by atoms with van der Waals surface area (Å²) in [6.45, 7) is 3.88. The van der Waals surface area contributed by atoms with Crippen LogP contribution in [0, 0.1) is 6.92 Å². The Bertz CT molecular complexity index is 814. The number of sulfone groups is 1. The van der Waals surface area contributed by atoms with Crippen LogP contribution in [0.15, 0.2) is 47.4 Å². The second kappa shape index (κ2) is 7.57. The van der Waals surface area contributed by atoms with E-state index in [9.17, 15) is 13.2 Å². The number of pyridine rings is 1. The molecule has 128 valence electrons. The van der Waals surface area contributed by atoms with Crippen molar-refractivity contribution >= 4 is 15.7 Å². The number of hydrogen-bond acceptors (Lipinski definition) is 4. The Morgan fingerprint density at radius 3 is 2.42 bits per heavy atom. The Morgan fingerprint density at radius 2 is 1.83 bits per heavy atom. The standard InChI is InChI=1S/C18H22N2O3S/c1-13-5-4-6-16(19-13)11-14(2)20-18(21)12-15-7-9-17(10-8-15)24(3,22)23/h4-10,14H,11-12H2,1-3H3,(H,20,21)/t14-/m0/s1. The van der Waals surface area contributed by atoms with Crippen molar-refractivity contribution in [1.82, 2.24) is 10.3 Å². The molecule has 2 aromatic rings. The molecule has 1 aromatic carbocycles. The largest absolute Gasteiger partial charge is 0.353 e. The van der Waals surface area contributed by atoms with E-state index in [1.807, 2.05) is 32.0 Å². The van der Waals surface area contributed by atoms with E-state index in [-0.39, 0.29) is 23.3 Å². The lowest BCUT2D eigenvalue weighted by molar-refractivity contribution is -0.121. The Balaban J connectivity index is 1.90. The smallest absolute Gasteiger partial charge is 0.224 e. The monoisotopic (exact) mass is 346 g/mol. The highest BCUT2D eigenvalue weighted by Crippen LogP contribution is 2.11. The van der Waals surface area contributed by atoms with Crippen LogP contribution in [0.1, 0.15) is 23.9 Å². The van der Waals surface area contributed by atoms with Crippen molar-refractivity contribution in [3.63, 3.8) is 0 Å². The van der Waals surface area contributed by atoms with Crippen LogP contribution >= 0.6 is 0 Å². The molecule has 0 spiro atoms. The summed E-state index contributed by atoms with van der Waals surface area (Å²) >= 11 is 0. The van der Waals surface area contributed by atoms with Gasteiger partial charge in [-0.1, -0.05) is 18.2 Å². The van der Waals surface area contributed by atoms with Gasteiger partial charge in [0.25, 0.3) is 0 Å². The number of aromatic nitrogens is 1. The van der Waals surface area contributed by atoms with E-state index in [0.717, 1.165) is 23.2 Å². The first-order valence-electron chi connectivity index (χ1n) is 7.75. The minimum absolute atomic E-state index is 0.0258. The third-order valence-corrected chi connectivity index (χ3v) is 4.71. The van der Waals surface area contributed by atoms with E-state index in [4.69, 9.17) is 0 Å². The molecule has 5 nitrogen and oxygen atoms in total. The Morgan fingerprint density at radius 1 is 1.17 bits per heavy atom. The van der Waals surface area contributed by atoms with Crippen LogP contribution in [0.3, 0.4) is 0 Å². The molecule has 0 unspecified atom stereocenters. The van der Waals surface area contributed by atoms with Gasteiger partial charge in [-0.05, 0) is 43.7 Å². The summed E-state index contributed by atoms with van der Waals surface area (Å²) in [7, 11) is -3.21. The van der Waals surface area contributed by atoms with Crippen molar-refractivity contribution in [1.29, 1.82) is 0 Å². The van der Waals surface area contributed by atoms with Crippen LogP contribution in [-0.4, -0.2) is 31.6 Å². The van der Waals surface area contributed by atoms with Crippen LogP contribution in [0.4, 0.5) is 0 Å². The lowest BCUT2D eigenvalue weighted by Crippen LogP contribution is -2.35. The molecule has 0 aliphatic rings.